The third-order valence-electron chi connectivity index (χ3n) is 3.67. The molecule has 8 nitrogen and oxygen atoms in total. The normalized spacial score (nSPS) is 10.3. The number of hydrogen-bond acceptors (Lipinski definition) is 8. The third-order valence-corrected chi connectivity index (χ3v) is 3.67. The van der Waals surface area contributed by atoms with Gasteiger partial charge in [-0.1, -0.05) is 30.3 Å². The molecule has 0 amide bonds. The molecule has 140 valence electrons. The maximum absolute atomic E-state index is 9.02. The van der Waals surface area contributed by atoms with Crippen molar-refractivity contribution >= 4 is 23.5 Å². The Kier molecular flexibility index (Phi) is 6.37. The average molecular weight is 366 g/mol. The maximum Gasteiger partial charge on any atom is 0.233 e. The molecule has 2 aromatic carbocycles. The smallest absolute Gasteiger partial charge is 0.233 e. The van der Waals surface area contributed by atoms with Crippen molar-refractivity contribution in [1.82, 2.24) is 15.0 Å². The van der Waals surface area contributed by atoms with Gasteiger partial charge in [0.2, 0.25) is 17.8 Å². The summed E-state index contributed by atoms with van der Waals surface area (Å²) in [6, 6.07) is 17.4. The van der Waals surface area contributed by atoms with Crippen LogP contribution in [0.4, 0.5) is 23.5 Å². The van der Waals surface area contributed by atoms with Gasteiger partial charge < -0.3 is 25.8 Å². The number of aromatic nitrogens is 3. The Morgan fingerprint density at radius 3 is 2.19 bits per heavy atom. The molecule has 3 rings (SSSR count). The van der Waals surface area contributed by atoms with Crippen molar-refractivity contribution in [1.29, 1.82) is 0 Å². The Morgan fingerprint density at radius 2 is 1.52 bits per heavy atom. The van der Waals surface area contributed by atoms with Gasteiger partial charge >= 0.3 is 0 Å². The van der Waals surface area contributed by atoms with E-state index in [2.05, 4.69) is 30.9 Å². The lowest BCUT2D eigenvalue weighted by Gasteiger charge is -2.11. The molecule has 3 aromatic rings. The lowest BCUT2D eigenvalue weighted by Crippen LogP contribution is -2.13. The molecule has 0 bridgehead atoms. The van der Waals surface area contributed by atoms with Gasteiger partial charge in [-0.3, -0.25) is 0 Å². The zero-order valence-electron chi connectivity index (χ0n) is 15.0. The predicted molar refractivity (Wildman–Crippen MR) is 105 cm³/mol. The number of para-hydroxylation sites is 1. The standard InChI is InChI=1S/C19H22N6O2/c1-27-16-9-7-14(8-10-16)13-21-18-23-17(20-11-12-26)24-19(25-18)22-15-5-3-2-4-6-15/h2-10,26H,11-13H2,1H3,(H3,20,21,22,23,24,25). The van der Waals surface area contributed by atoms with E-state index < -0.39 is 0 Å². The fourth-order valence-electron chi connectivity index (χ4n) is 2.33. The van der Waals surface area contributed by atoms with Crippen molar-refractivity contribution in [2.45, 2.75) is 6.54 Å². The van der Waals surface area contributed by atoms with Crippen molar-refractivity contribution in [3.8, 4) is 5.75 Å². The van der Waals surface area contributed by atoms with Gasteiger partial charge in [0.05, 0.1) is 13.7 Å². The van der Waals surface area contributed by atoms with Crippen molar-refractivity contribution < 1.29 is 9.84 Å². The van der Waals surface area contributed by atoms with Crippen LogP contribution in [0.1, 0.15) is 5.56 Å². The van der Waals surface area contributed by atoms with Crippen LogP contribution in [0.2, 0.25) is 0 Å². The number of aliphatic hydroxyl groups excluding tert-OH is 1. The number of nitrogens with zero attached hydrogens (tertiary/aromatic N) is 3. The van der Waals surface area contributed by atoms with E-state index in [0.29, 0.717) is 30.9 Å². The van der Waals surface area contributed by atoms with Crippen LogP contribution < -0.4 is 20.7 Å². The number of ether oxygens (including phenoxy) is 1. The fraction of sp³-hybridized carbons (Fsp3) is 0.211. The number of hydrogen-bond donors (Lipinski definition) is 4. The Hall–Kier alpha value is -3.39. The zero-order chi connectivity index (χ0) is 18.9. The van der Waals surface area contributed by atoms with E-state index in [-0.39, 0.29) is 6.61 Å². The van der Waals surface area contributed by atoms with Crippen LogP contribution in [0.25, 0.3) is 0 Å². The van der Waals surface area contributed by atoms with Gasteiger partial charge in [0.15, 0.2) is 0 Å². The molecule has 0 aliphatic rings. The highest BCUT2D eigenvalue weighted by Crippen LogP contribution is 2.16. The van der Waals surface area contributed by atoms with E-state index in [1.165, 1.54) is 0 Å². The van der Waals surface area contributed by atoms with E-state index in [1.807, 2.05) is 54.6 Å². The molecule has 0 aliphatic heterocycles. The Bertz CT molecular complexity index is 843. The first kappa shape index (κ1) is 18.4. The molecule has 0 spiro atoms. The molecular formula is C19H22N6O2. The van der Waals surface area contributed by atoms with Gasteiger partial charge in [0.25, 0.3) is 0 Å². The molecule has 4 N–H and O–H groups in total. The minimum atomic E-state index is -0.0122. The molecule has 0 unspecified atom stereocenters. The number of nitrogens with one attached hydrogen (secondary N) is 3. The van der Waals surface area contributed by atoms with Crippen molar-refractivity contribution in [2.24, 2.45) is 0 Å². The summed E-state index contributed by atoms with van der Waals surface area (Å²) in [5.41, 5.74) is 1.94. The number of anilines is 4. The molecular weight excluding hydrogens is 344 g/mol. The maximum atomic E-state index is 9.02. The summed E-state index contributed by atoms with van der Waals surface area (Å²) in [7, 11) is 1.64. The van der Waals surface area contributed by atoms with Crippen LogP contribution in [0.15, 0.2) is 54.6 Å². The number of aliphatic hydroxyl groups is 1. The van der Waals surface area contributed by atoms with Gasteiger partial charge in [0.1, 0.15) is 5.75 Å². The van der Waals surface area contributed by atoms with Crippen LogP contribution in [0, 0.1) is 0 Å². The molecule has 0 aliphatic carbocycles. The number of benzene rings is 2. The lowest BCUT2D eigenvalue weighted by atomic mass is 10.2. The van der Waals surface area contributed by atoms with Crippen LogP contribution in [0.3, 0.4) is 0 Å². The van der Waals surface area contributed by atoms with Crippen LogP contribution in [-0.4, -0.2) is 40.3 Å². The SMILES string of the molecule is COc1ccc(CNc2nc(NCCO)nc(Nc3ccccc3)n2)cc1. The number of rotatable bonds is 9. The molecule has 0 saturated carbocycles. The van der Waals surface area contributed by atoms with Crippen molar-refractivity contribution in [3.63, 3.8) is 0 Å². The minimum absolute atomic E-state index is 0.0122. The zero-order valence-corrected chi connectivity index (χ0v) is 15.0. The van der Waals surface area contributed by atoms with Crippen molar-refractivity contribution in [3.05, 3.63) is 60.2 Å². The van der Waals surface area contributed by atoms with Gasteiger partial charge in [-0.2, -0.15) is 15.0 Å². The predicted octanol–water partition coefficient (Wildman–Crippen LogP) is 2.64. The van der Waals surface area contributed by atoms with Crippen molar-refractivity contribution in [2.75, 3.05) is 36.2 Å². The van der Waals surface area contributed by atoms with Crippen LogP contribution >= 0.6 is 0 Å². The molecule has 0 atom stereocenters. The largest absolute Gasteiger partial charge is 0.497 e. The molecule has 0 fully saturated rings. The second-order valence-corrected chi connectivity index (χ2v) is 5.65. The summed E-state index contributed by atoms with van der Waals surface area (Å²) in [5.74, 6) is 2.03. The molecule has 1 heterocycles. The summed E-state index contributed by atoms with van der Waals surface area (Å²) in [6.45, 7) is 0.896. The monoisotopic (exact) mass is 366 g/mol. The summed E-state index contributed by atoms with van der Waals surface area (Å²) < 4.78 is 5.17. The first-order chi connectivity index (χ1) is 13.3. The summed E-state index contributed by atoms with van der Waals surface area (Å²) in [5, 5.41) is 18.3. The fourth-order valence-corrected chi connectivity index (χ4v) is 2.33. The van der Waals surface area contributed by atoms with E-state index in [1.54, 1.807) is 7.11 Å². The second-order valence-electron chi connectivity index (χ2n) is 5.65. The second kappa shape index (κ2) is 9.35. The third kappa shape index (κ3) is 5.55. The highest BCUT2D eigenvalue weighted by molar-refractivity contribution is 5.55. The van der Waals surface area contributed by atoms with Gasteiger partial charge in [0, 0.05) is 18.8 Å². The summed E-state index contributed by atoms with van der Waals surface area (Å²) >= 11 is 0. The molecule has 0 saturated heterocycles. The summed E-state index contributed by atoms with van der Waals surface area (Å²) in [4.78, 5) is 13.1. The van der Waals surface area contributed by atoms with E-state index in [0.717, 1.165) is 17.0 Å². The average Bonchev–Trinajstić information content (AvgIpc) is 2.72. The highest BCUT2D eigenvalue weighted by atomic mass is 16.5. The Labute approximate surface area is 157 Å². The minimum Gasteiger partial charge on any atom is -0.497 e. The van der Waals surface area contributed by atoms with Crippen LogP contribution in [0.5, 0.6) is 5.75 Å². The van der Waals surface area contributed by atoms with E-state index >= 15 is 0 Å². The highest BCUT2D eigenvalue weighted by Gasteiger charge is 2.07. The van der Waals surface area contributed by atoms with Gasteiger partial charge in [-0.05, 0) is 29.8 Å². The van der Waals surface area contributed by atoms with E-state index in [4.69, 9.17) is 9.84 Å². The molecule has 0 radical (unpaired) electrons. The Balaban J connectivity index is 1.74. The topological polar surface area (TPSA) is 104 Å². The first-order valence-electron chi connectivity index (χ1n) is 8.56. The Morgan fingerprint density at radius 1 is 0.852 bits per heavy atom. The molecule has 8 heteroatoms. The quantitative estimate of drug-likeness (QED) is 0.458. The first-order valence-corrected chi connectivity index (χ1v) is 8.56. The molecule has 1 aromatic heterocycles. The van der Waals surface area contributed by atoms with Gasteiger partial charge in [-0.15, -0.1) is 0 Å². The van der Waals surface area contributed by atoms with E-state index in [9.17, 15) is 0 Å². The van der Waals surface area contributed by atoms with Gasteiger partial charge in [-0.25, -0.2) is 0 Å². The lowest BCUT2D eigenvalue weighted by molar-refractivity contribution is 0.311. The molecule has 27 heavy (non-hydrogen) atoms. The number of methoxy groups -OCH3 is 1. The summed E-state index contributed by atoms with van der Waals surface area (Å²) in [6.07, 6.45) is 0. The van der Waals surface area contributed by atoms with Crippen LogP contribution in [-0.2, 0) is 6.54 Å².